The van der Waals surface area contributed by atoms with Crippen LogP contribution in [-0.2, 0) is 6.42 Å². The SMILES string of the molecule is CCc1ccccc1C(Cl)c1ccc(OC)cc1Cl. The van der Waals surface area contributed by atoms with Crippen LogP contribution in [0.2, 0.25) is 5.02 Å². The Morgan fingerprint density at radius 2 is 1.84 bits per heavy atom. The van der Waals surface area contributed by atoms with E-state index in [1.54, 1.807) is 13.2 Å². The first kappa shape index (κ1) is 14.2. The van der Waals surface area contributed by atoms with E-state index < -0.39 is 0 Å². The Morgan fingerprint density at radius 3 is 2.47 bits per heavy atom. The first-order valence-corrected chi connectivity index (χ1v) is 7.04. The number of aryl methyl sites for hydroxylation is 1. The minimum absolute atomic E-state index is 0.241. The zero-order valence-electron chi connectivity index (χ0n) is 11.0. The summed E-state index contributed by atoms with van der Waals surface area (Å²) in [5.41, 5.74) is 3.26. The summed E-state index contributed by atoms with van der Waals surface area (Å²) in [6.07, 6.45) is 0.952. The van der Waals surface area contributed by atoms with Gasteiger partial charge in [0, 0.05) is 5.02 Å². The Bertz CT molecular complexity index is 566. The molecule has 0 heterocycles. The van der Waals surface area contributed by atoms with Gasteiger partial charge < -0.3 is 4.74 Å². The largest absolute Gasteiger partial charge is 0.497 e. The second kappa shape index (κ2) is 6.31. The average molecular weight is 295 g/mol. The van der Waals surface area contributed by atoms with Gasteiger partial charge in [0.05, 0.1) is 12.5 Å². The highest BCUT2D eigenvalue weighted by Gasteiger charge is 2.17. The molecule has 0 aromatic heterocycles. The van der Waals surface area contributed by atoms with Crippen LogP contribution < -0.4 is 4.74 Å². The zero-order chi connectivity index (χ0) is 13.8. The van der Waals surface area contributed by atoms with Gasteiger partial charge >= 0.3 is 0 Å². The quantitative estimate of drug-likeness (QED) is 0.701. The minimum Gasteiger partial charge on any atom is -0.497 e. The topological polar surface area (TPSA) is 9.23 Å². The fraction of sp³-hybridized carbons (Fsp3) is 0.250. The number of rotatable bonds is 4. The van der Waals surface area contributed by atoms with Crippen molar-refractivity contribution in [3.05, 3.63) is 64.2 Å². The lowest BCUT2D eigenvalue weighted by atomic mass is 9.98. The van der Waals surface area contributed by atoms with Gasteiger partial charge in [0.25, 0.3) is 0 Å². The number of benzene rings is 2. The molecule has 2 rings (SSSR count). The fourth-order valence-electron chi connectivity index (χ4n) is 2.11. The average Bonchev–Trinajstić information content (AvgIpc) is 2.46. The van der Waals surface area contributed by atoms with Crippen LogP contribution in [-0.4, -0.2) is 7.11 Å². The van der Waals surface area contributed by atoms with Gasteiger partial charge in [-0.3, -0.25) is 0 Å². The van der Waals surface area contributed by atoms with Crippen molar-refractivity contribution in [1.29, 1.82) is 0 Å². The molecule has 1 nitrogen and oxygen atoms in total. The van der Waals surface area contributed by atoms with Crippen LogP contribution >= 0.6 is 23.2 Å². The standard InChI is InChI=1S/C16H16Cl2O/c1-3-11-6-4-5-7-13(11)16(18)14-9-8-12(19-2)10-15(14)17/h4-10,16H,3H2,1-2H3. The molecule has 0 bridgehead atoms. The Morgan fingerprint density at radius 1 is 1.11 bits per heavy atom. The molecule has 0 aliphatic rings. The number of alkyl halides is 1. The first-order valence-electron chi connectivity index (χ1n) is 6.22. The maximum absolute atomic E-state index is 6.59. The van der Waals surface area contributed by atoms with E-state index in [4.69, 9.17) is 27.9 Å². The highest BCUT2D eigenvalue weighted by atomic mass is 35.5. The molecule has 0 N–H and O–H groups in total. The first-order chi connectivity index (χ1) is 9.17. The summed E-state index contributed by atoms with van der Waals surface area (Å²) in [6.45, 7) is 2.12. The zero-order valence-corrected chi connectivity index (χ0v) is 12.5. The molecule has 0 saturated heterocycles. The monoisotopic (exact) mass is 294 g/mol. The van der Waals surface area contributed by atoms with Gasteiger partial charge in [0.1, 0.15) is 5.75 Å². The van der Waals surface area contributed by atoms with Crippen molar-refractivity contribution in [2.45, 2.75) is 18.7 Å². The van der Waals surface area contributed by atoms with Crippen molar-refractivity contribution in [2.24, 2.45) is 0 Å². The molecule has 0 aliphatic carbocycles. The molecule has 0 fully saturated rings. The molecular weight excluding hydrogens is 279 g/mol. The van der Waals surface area contributed by atoms with Gasteiger partial charge in [-0.1, -0.05) is 48.9 Å². The summed E-state index contributed by atoms with van der Waals surface area (Å²) in [4.78, 5) is 0. The number of halogens is 2. The normalized spacial score (nSPS) is 12.2. The van der Waals surface area contributed by atoms with Crippen molar-refractivity contribution < 1.29 is 4.74 Å². The molecule has 100 valence electrons. The Labute approximate surface area is 124 Å². The molecule has 0 radical (unpaired) electrons. The predicted octanol–water partition coefficient (Wildman–Crippen LogP) is 5.24. The van der Waals surface area contributed by atoms with E-state index in [-0.39, 0.29) is 5.38 Å². The van der Waals surface area contributed by atoms with Crippen LogP contribution in [0.4, 0.5) is 0 Å². The van der Waals surface area contributed by atoms with Gasteiger partial charge in [0.2, 0.25) is 0 Å². The molecule has 0 saturated carbocycles. The Kier molecular flexibility index (Phi) is 4.73. The van der Waals surface area contributed by atoms with Crippen LogP contribution in [0.3, 0.4) is 0 Å². The van der Waals surface area contributed by atoms with E-state index in [0.29, 0.717) is 5.02 Å². The minimum atomic E-state index is -0.241. The second-order valence-corrected chi connectivity index (χ2v) is 5.15. The van der Waals surface area contributed by atoms with Gasteiger partial charge in [0.15, 0.2) is 0 Å². The molecule has 3 heteroatoms. The third-order valence-electron chi connectivity index (χ3n) is 3.19. The van der Waals surface area contributed by atoms with E-state index in [1.807, 2.05) is 24.3 Å². The van der Waals surface area contributed by atoms with Crippen LogP contribution in [0, 0.1) is 0 Å². The number of methoxy groups -OCH3 is 1. The second-order valence-electron chi connectivity index (χ2n) is 4.30. The molecule has 2 aromatic carbocycles. The number of ether oxygens (including phenoxy) is 1. The summed E-state index contributed by atoms with van der Waals surface area (Å²) in [7, 11) is 1.62. The van der Waals surface area contributed by atoms with Crippen LogP contribution in [0.1, 0.15) is 29.0 Å². The molecule has 1 unspecified atom stereocenters. The third kappa shape index (κ3) is 3.05. The summed E-state index contributed by atoms with van der Waals surface area (Å²) >= 11 is 12.9. The molecular formula is C16H16Cl2O. The molecule has 0 aliphatic heterocycles. The van der Waals surface area contributed by atoms with Gasteiger partial charge in [-0.2, -0.15) is 0 Å². The van der Waals surface area contributed by atoms with Crippen LogP contribution in [0.25, 0.3) is 0 Å². The Balaban J connectivity index is 2.41. The molecule has 1 atom stereocenters. The predicted molar refractivity (Wildman–Crippen MR) is 81.5 cm³/mol. The summed E-state index contributed by atoms with van der Waals surface area (Å²) in [6, 6.07) is 13.8. The van der Waals surface area contributed by atoms with Gasteiger partial charge in [-0.25, -0.2) is 0 Å². The molecule has 2 aromatic rings. The van der Waals surface area contributed by atoms with Crippen molar-refractivity contribution in [1.82, 2.24) is 0 Å². The van der Waals surface area contributed by atoms with Crippen molar-refractivity contribution in [2.75, 3.05) is 7.11 Å². The maximum atomic E-state index is 6.59. The summed E-state index contributed by atoms with van der Waals surface area (Å²) < 4.78 is 5.15. The molecule has 0 spiro atoms. The third-order valence-corrected chi connectivity index (χ3v) is 3.99. The highest BCUT2D eigenvalue weighted by Crippen LogP contribution is 2.36. The number of hydrogen-bond donors (Lipinski definition) is 0. The summed E-state index contributed by atoms with van der Waals surface area (Å²) in [5.74, 6) is 0.737. The van der Waals surface area contributed by atoms with E-state index >= 15 is 0 Å². The van der Waals surface area contributed by atoms with E-state index in [1.165, 1.54) is 5.56 Å². The Hall–Kier alpha value is -1.18. The lowest BCUT2D eigenvalue weighted by Gasteiger charge is -2.16. The van der Waals surface area contributed by atoms with Crippen molar-refractivity contribution >= 4 is 23.2 Å². The van der Waals surface area contributed by atoms with Crippen molar-refractivity contribution in [3.8, 4) is 5.75 Å². The highest BCUT2D eigenvalue weighted by molar-refractivity contribution is 6.33. The van der Waals surface area contributed by atoms with Gasteiger partial charge in [-0.15, -0.1) is 11.6 Å². The lowest BCUT2D eigenvalue weighted by Crippen LogP contribution is -1.99. The molecule has 19 heavy (non-hydrogen) atoms. The smallest absolute Gasteiger partial charge is 0.120 e. The van der Waals surface area contributed by atoms with Crippen LogP contribution in [0.5, 0.6) is 5.75 Å². The maximum Gasteiger partial charge on any atom is 0.120 e. The molecule has 0 amide bonds. The van der Waals surface area contributed by atoms with E-state index in [9.17, 15) is 0 Å². The van der Waals surface area contributed by atoms with Crippen LogP contribution in [0.15, 0.2) is 42.5 Å². The lowest BCUT2D eigenvalue weighted by molar-refractivity contribution is 0.414. The van der Waals surface area contributed by atoms with Crippen molar-refractivity contribution in [3.63, 3.8) is 0 Å². The summed E-state index contributed by atoms with van der Waals surface area (Å²) in [5, 5.41) is 0.389. The fourth-order valence-corrected chi connectivity index (χ4v) is 2.85. The van der Waals surface area contributed by atoms with E-state index in [0.717, 1.165) is 23.3 Å². The number of hydrogen-bond acceptors (Lipinski definition) is 1. The van der Waals surface area contributed by atoms with E-state index in [2.05, 4.69) is 19.1 Å². The van der Waals surface area contributed by atoms with Gasteiger partial charge in [-0.05, 0) is 35.2 Å².